The van der Waals surface area contributed by atoms with E-state index in [0.717, 1.165) is 6.07 Å². The SMILES string of the molecule is COc1cc(C(C)=O)c([N+](=O)[O-])cc1OCCCOC(C)=O. The van der Waals surface area contributed by atoms with Crippen LogP contribution < -0.4 is 9.47 Å². The van der Waals surface area contributed by atoms with Crippen molar-refractivity contribution in [3.63, 3.8) is 0 Å². The second-order valence-corrected chi connectivity index (χ2v) is 4.38. The van der Waals surface area contributed by atoms with Crippen LogP contribution in [0.4, 0.5) is 5.69 Å². The average molecular weight is 311 g/mol. The van der Waals surface area contributed by atoms with E-state index in [9.17, 15) is 19.7 Å². The number of benzene rings is 1. The minimum Gasteiger partial charge on any atom is -0.493 e. The van der Waals surface area contributed by atoms with Gasteiger partial charge in [-0.2, -0.15) is 0 Å². The van der Waals surface area contributed by atoms with Crippen molar-refractivity contribution in [3.8, 4) is 11.5 Å². The van der Waals surface area contributed by atoms with Gasteiger partial charge in [0.15, 0.2) is 17.3 Å². The van der Waals surface area contributed by atoms with Gasteiger partial charge in [-0.3, -0.25) is 19.7 Å². The number of carbonyl (C=O) groups excluding carboxylic acids is 2. The van der Waals surface area contributed by atoms with Crippen molar-refractivity contribution in [3.05, 3.63) is 27.8 Å². The fourth-order valence-electron chi connectivity index (χ4n) is 1.71. The van der Waals surface area contributed by atoms with Gasteiger partial charge in [-0.15, -0.1) is 0 Å². The summed E-state index contributed by atoms with van der Waals surface area (Å²) in [7, 11) is 1.37. The highest BCUT2D eigenvalue weighted by Gasteiger charge is 2.22. The first-order valence-electron chi connectivity index (χ1n) is 6.50. The molecule has 0 amide bonds. The summed E-state index contributed by atoms with van der Waals surface area (Å²) in [4.78, 5) is 32.5. The van der Waals surface area contributed by atoms with Crippen molar-refractivity contribution in [2.24, 2.45) is 0 Å². The molecular formula is C14H17NO7. The van der Waals surface area contributed by atoms with E-state index in [1.54, 1.807) is 0 Å². The predicted octanol–water partition coefficient (Wildman–Crippen LogP) is 2.14. The number of nitrogens with zero attached hydrogens (tertiary/aromatic N) is 1. The van der Waals surface area contributed by atoms with Crippen LogP contribution >= 0.6 is 0 Å². The number of rotatable bonds is 8. The van der Waals surface area contributed by atoms with Gasteiger partial charge in [-0.1, -0.05) is 0 Å². The number of ketones is 1. The zero-order valence-corrected chi connectivity index (χ0v) is 12.6. The zero-order chi connectivity index (χ0) is 16.7. The molecule has 0 aliphatic heterocycles. The summed E-state index contributed by atoms with van der Waals surface area (Å²) in [5, 5.41) is 11.0. The lowest BCUT2D eigenvalue weighted by Gasteiger charge is -2.12. The number of ether oxygens (including phenoxy) is 3. The van der Waals surface area contributed by atoms with Crippen molar-refractivity contribution in [1.82, 2.24) is 0 Å². The largest absolute Gasteiger partial charge is 0.493 e. The molecule has 0 fully saturated rings. The highest BCUT2D eigenvalue weighted by Crippen LogP contribution is 2.35. The molecule has 1 aromatic rings. The van der Waals surface area contributed by atoms with E-state index in [0.29, 0.717) is 6.42 Å². The average Bonchev–Trinajstić information content (AvgIpc) is 2.45. The highest BCUT2D eigenvalue weighted by atomic mass is 16.6. The number of nitro groups is 1. The lowest BCUT2D eigenvalue weighted by molar-refractivity contribution is -0.385. The molecule has 8 heteroatoms. The van der Waals surface area contributed by atoms with Crippen molar-refractivity contribution in [1.29, 1.82) is 0 Å². The number of hydrogen-bond acceptors (Lipinski definition) is 7. The minimum absolute atomic E-state index is 0.0471. The van der Waals surface area contributed by atoms with Gasteiger partial charge in [0.25, 0.3) is 5.69 Å². The lowest BCUT2D eigenvalue weighted by Crippen LogP contribution is -2.08. The van der Waals surface area contributed by atoms with Gasteiger partial charge in [-0.25, -0.2) is 0 Å². The Labute approximate surface area is 127 Å². The molecule has 0 radical (unpaired) electrons. The summed E-state index contributed by atoms with van der Waals surface area (Å²) >= 11 is 0. The summed E-state index contributed by atoms with van der Waals surface area (Å²) in [6.45, 7) is 2.90. The normalized spacial score (nSPS) is 9.95. The summed E-state index contributed by atoms with van der Waals surface area (Å²) in [5.41, 5.74) is -0.391. The predicted molar refractivity (Wildman–Crippen MR) is 76.4 cm³/mol. The van der Waals surface area contributed by atoms with Crippen molar-refractivity contribution in [2.45, 2.75) is 20.3 Å². The molecule has 0 atom stereocenters. The Kier molecular flexibility index (Phi) is 6.30. The Morgan fingerprint density at radius 3 is 2.36 bits per heavy atom. The maximum atomic E-state index is 11.5. The molecule has 22 heavy (non-hydrogen) atoms. The smallest absolute Gasteiger partial charge is 0.302 e. The second kappa shape index (κ2) is 7.96. The van der Waals surface area contributed by atoms with E-state index >= 15 is 0 Å². The molecule has 8 nitrogen and oxygen atoms in total. The molecule has 0 aromatic heterocycles. The van der Waals surface area contributed by atoms with Crippen molar-refractivity contribution >= 4 is 17.4 Å². The number of methoxy groups -OCH3 is 1. The molecule has 0 saturated heterocycles. The Hall–Kier alpha value is -2.64. The van der Waals surface area contributed by atoms with E-state index in [-0.39, 0.29) is 41.9 Å². The van der Waals surface area contributed by atoms with Crippen molar-refractivity contribution in [2.75, 3.05) is 20.3 Å². The fourth-order valence-corrected chi connectivity index (χ4v) is 1.71. The number of esters is 1. The van der Waals surface area contributed by atoms with Gasteiger partial charge >= 0.3 is 5.97 Å². The van der Waals surface area contributed by atoms with Crippen LogP contribution in [0, 0.1) is 10.1 Å². The Morgan fingerprint density at radius 2 is 1.86 bits per heavy atom. The van der Waals surface area contributed by atoms with E-state index < -0.39 is 10.7 Å². The van der Waals surface area contributed by atoms with Crippen LogP contribution in [-0.4, -0.2) is 37.0 Å². The zero-order valence-electron chi connectivity index (χ0n) is 12.6. The van der Waals surface area contributed by atoms with Crippen LogP contribution in [0.1, 0.15) is 30.6 Å². The van der Waals surface area contributed by atoms with Gasteiger partial charge in [-0.05, 0) is 6.92 Å². The van der Waals surface area contributed by atoms with Crippen LogP contribution in [0.3, 0.4) is 0 Å². The maximum absolute atomic E-state index is 11.5. The molecule has 1 rings (SSSR count). The highest BCUT2D eigenvalue weighted by molar-refractivity contribution is 5.98. The summed E-state index contributed by atoms with van der Waals surface area (Å²) < 4.78 is 15.2. The fraction of sp³-hybridized carbons (Fsp3) is 0.429. The molecule has 0 N–H and O–H groups in total. The molecule has 120 valence electrons. The first kappa shape index (κ1) is 17.4. The number of hydrogen-bond donors (Lipinski definition) is 0. The topological polar surface area (TPSA) is 105 Å². The standard InChI is InChI=1S/C14H17NO7/c1-9(16)11-7-13(20-3)14(8-12(11)15(18)19)22-6-4-5-21-10(2)17/h7-8H,4-6H2,1-3H3. The molecule has 0 aliphatic carbocycles. The van der Waals surface area contributed by atoms with Crippen LogP contribution in [0.2, 0.25) is 0 Å². The minimum atomic E-state index is -0.651. The molecule has 0 saturated carbocycles. The first-order chi connectivity index (χ1) is 10.4. The van der Waals surface area contributed by atoms with Gasteiger partial charge in [0.1, 0.15) is 0 Å². The quantitative estimate of drug-likeness (QED) is 0.238. The Morgan fingerprint density at radius 1 is 1.18 bits per heavy atom. The number of carbonyl (C=O) groups is 2. The first-order valence-corrected chi connectivity index (χ1v) is 6.50. The van der Waals surface area contributed by atoms with Crippen LogP contribution in [-0.2, 0) is 9.53 Å². The molecule has 0 heterocycles. The van der Waals surface area contributed by atoms with E-state index in [2.05, 4.69) is 0 Å². The van der Waals surface area contributed by atoms with Gasteiger partial charge in [0.2, 0.25) is 0 Å². The van der Waals surface area contributed by atoms with Crippen LogP contribution in [0.15, 0.2) is 12.1 Å². The van der Waals surface area contributed by atoms with E-state index in [1.165, 1.54) is 27.0 Å². The van der Waals surface area contributed by atoms with E-state index in [4.69, 9.17) is 14.2 Å². The third-order valence-electron chi connectivity index (χ3n) is 2.71. The summed E-state index contributed by atoms with van der Waals surface area (Å²) in [6.07, 6.45) is 0.422. The van der Waals surface area contributed by atoms with E-state index in [1.807, 2.05) is 0 Å². The summed E-state index contributed by atoms with van der Waals surface area (Å²) in [6, 6.07) is 2.43. The summed E-state index contributed by atoms with van der Waals surface area (Å²) in [5.74, 6) is -0.448. The molecule has 0 aliphatic rings. The lowest BCUT2D eigenvalue weighted by atomic mass is 10.1. The molecule has 1 aromatic carbocycles. The third-order valence-corrected chi connectivity index (χ3v) is 2.71. The van der Waals surface area contributed by atoms with Gasteiger partial charge in [0, 0.05) is 19.4 Å². The number of nitro benzene ring substituents is 1. The van der Waals surface area contributed by atoms with Crippen molar-refractivity contribution < 1.29 is 28.7 Å². The molecular weight excluding hydrogens is 294 g/mol. The maximum Gasteiger partial charge on any atom is 0.302 e. The Balaban J connectivity index is 2.89. The molecule has 0 unspecified atom stereocenters. The molecule has 0 bridgehead atoms. The Bertz CT molecular complexity index is 583. The van der Waals surface area contributed by atoms with Crippen LogP contribution in [0.25, 0.3) is 0 Å². The van der Waals surface area contributed by atoms with Gasteiger partial charge < -0.3 is 14.2 Å². The second-order valence-electron chi connectivity index (χ2n) is 4.38. The van der Waals surface area contributed by atoms with Gasteiger partial charge in [0.05, 0.1) is 36.9 Å². The molecule has 0 spiro atoms. The van der Waals surface area contributed by atoms with Crippen LogP contribution in [0.5, 0.6) is 11.5 Å². The number of Topliss-reactive ketones (excluding diaryl/α,β-unsaturated/α-hetero) is 1. The monoisotopic (exact) mass is 311 g/mol. The third kappa shape index (κ3) is 4.72.